The lowest BCUT2D eigenvalue weighted by Crippen LogP contribution is -2.49. The fourth-order valence-electron chi connectivity index (χ4n) is 2.25. The second-order valence-corrected chi connectivity index (χ2v) is 5.95. The van der Waals surface area contributed by atoms with Gasteiger partial charge in [-0.05, 0) is 24.3 Å². The number of nitrogens with zero attached hydrogens (tertiary/aromatic N) is 1. The maximum atomic E-state index is 12.5. The molecule has 0 radical (unpaired) electrons. The van der Waals surface area contributed by atoms with Gasteiger partial charge in [-0.1, -0.05) is 36.4 Å². The average molecular weight is 385 g/mol. The summed E-state index contributed by atoms with van der Waals surface area (Å²) in [5.74, 6) is -4.33. The van der Waals surface area contributed by atoms with E-state index in [2.05, 4.69) is 0 Å². The number of ether oxygens (including phenoxy) is 2. The summed E-state index contributed by atoms with van der Waals surface area (Å²) in [7, 11) is 2.73. The summed E-state index contributed by atoms with van der Waals surface area (Å²) in [6.45, 7) is 0. The summed E-state index contributed by atoms with van der Waals surface area (Å²) in [5.41, 5.74) is 0.219. The van der Waals surface area contributed by atoms with Crippen LogP contribution in [0.1, 0.15) is 20.7 Å². The topological polar surface area (TPSA) is 110 Å². The van der Waals surface area contributed by atoms with E-state index in [1.165, 1.54) is 38.4 Å². The highest BCUT2D eigenvalue weighted by Gasteiger charge is 2.41. The lowest BCUT2D eigenvalue weighted by molar-refractivity contribution is -0.162. The van der Waals surface area contributed by atoms with Crippen LogP contribution in [0.5, 0.6) is 0 Å². The van der Waals surface area contributed by atoms with Gasteiger partial charge < -0.3 is 19.5 Å². The van der Waals surface area contributed by atoms with E-state index in [0.717, 1.165) is 4.90 Å². The van der Waals surface area contributed by atoms with Crippen LogP contribution in [0.4, 0.5) is 0 Å². The molecule has 146 valence electrons. The van der Waals surface area contributed by atoms with E-state index >= 15 is 0 Å². The Morgan fingerprint density at radius 1 is 0.750 bits per heavy atom. The number of carboxylic acid groups (broad SMARTS) is 1. The molecule has 0 fully saturated rings. The van der Waals surface area contributed by atoms with Gasteiger partial charge in [-0.25, -0.2) is 14.4 Å². The van der Waals surface area contributed by atoms with Crippen LogP contribution in [0.15, 0.2) is 60.7 Å². The highest BCUT2D eigenvalue weighted by Crippen LogP contribution is 2.14. The first-order valence-corrected chi connectivity index (χ1v) is 8.27. The molecule has 0 heterocycles. The molecule has 0 unspecified atom stereocenters. The second-order valence-electron chi connectivity index (χ2n) is 5.95. The molecule has 2 aromatic rings. The first-order valence-electron chi connectivity index (χ1n) is 8.27. The minimum absolute atomic E-state index is 0.0965. The van der Waals surface area contributed by atoms with Crippen molar-refractivity contribution in [3.63, 3.8) is 0 Å². The largest absolute Gasteiger partial charge is 0.478 e. The smallest absolute Gasteiger partial charge is 0.349 e. The highest BCUT2D eigenvalue weighted by molar-refractivity contribution is 5.96. The molecule has 28 heavy (non-hydrogen) atoms. The summed E-state index contributed by atoms with van der Waals surface area (Å²) in [5, 5.41) is 9.51. The van der Waals surface area contributed by atoms with Gasteiger partial charge in [0.05, 0.1) is 11.1 Å². The first-order chi connectivity index (χ1) is 13.3. The molecular formula is C20H19NO7. The summed E-state index contributed by atoms with van der Waals surface area (Å²) in [6, 6.07) is 15.4. The number of hydrogen-bond acceptors (Lipinski definition) is 6. The van der Waals surface area contributed by atoms with Crippen molar-refractivity contribution in [3.05, 3.63) is 71.8 Å². The number of aliphatic carboxylic acids is 1. The second kappa shape index (κ2) is 9.31. The third kappa shape index (κ3) is 5.16. The van der Waals surface area contributed by atoms with Crippen LogP contribution >= 0.6 is 0 Å². The van der Waals surface area contributed by atoms with Crippen molar-refractivity contribution in [3.8, 4) is 0 Å². The van der Waals surface area contributed by atoms with E-state index in [1.54, 1.807) is 36.4 Å². The van der Waals surface area contributed by atoms with Crippen molar-refractivity contribution in [2.24, 2.45) is 0 Å². The van der Waals surface area contributed by atoms with Gasteiger partial charge in [0, 0.05) is 14.1 Å². The number of carbonyl (C=O) groups excluding carboxylic acids is 3. The molecule has 0 aliphatic carbocycles. The van der Waals surface area contributed by atoms with E-state index in [9.17, 15) is 24.3 Å². The van der Waals surface area contributed by atoms with Gasteiger partial charge >= 0.3 is 17.9 Å². The first kappa shape index (κ1) is 20.6. The molecule has 2 atom stereocenters. The molecule has 0 saturated heterocycles. The predicted octanol–water partition coefficient (Wildman–Crippen LogP) is 1.61. The van der Waals surface area contributed by atoms with Crippen molar-refractivity contribution in [1.29, 1.82) is 0 Å². The number of likely N-dealkylation sites (N-methyl/N-ethyl adjacent to an activating group) is 1. The van der Waals surface area contributed by atoms with Gasteiger partial charge in [-0.2, -0.15) is 0 Å². The molecule has 0 saturated carbocycles. The fraction of sp³-hybridized carbons (Fsp3) is 0.200. The Labute approximate surface area is 161 Å². The third-order valence-electron chi connectivity index (χ3n) is 3.69. The van der Waals surface area contributed by atoms with Gasteiger partial charge in [0.1, 0.15) is 0 Å². The molecule has 0 spiro atoms. The van der Waals surface area contributed by atoms with Crippen molar-refractivity contribution in [2.75, 3.05) is 14.1 Å². The summed E-state index contributed by atoms with van der Waals surface area (Å²) < 4.78 is 10.1. The van der Waals surface area contributed by atoms with Crippen LogP contribution in [0, 0.1) is 0 Å². The molecule has 1 amide bonds. The fourth-order valence-corrected chi connectivity index (χ4v) is 2.25. The number of esters is 2. The van der Waals surface area contributed by atoms with Gasteiger partial charge in [-0.3, -0.25) is 4.79 Å². The molecule has 0 aromatic heterocycles. The Kier molecular flexibility index (Phi) is 6.86. The monoisotopic (exact) mass is 385 g/mol. The zero-order valence-electron chi connectivity index (χ0n) is 15.3. The Morgan fingerprint density at radius 3 is 1.50 bits per heavy atom. The van der Waals surface area contributed by atoms with Crippen molar-refractivity contribution >= 4 is 23.8 Å². The van der Waals surface area contributed by atoms with Crippen molar-refractivity contribution < 1.29 is 33.8 Å². The van der Waals surface area contributed by atoms with E-state index in [1.807, 2.05) is 0 Å². The van der Waals surface area contributed by atoms with Gasteiger partial charge in [0.25, 0.3) is 5.91 Å². The summed E-state index contributed by atoms with van der Waals surface area (Å²) in [4.78, 5) is 49.8. The summed E-state index contributed by atoms with van der Waals surface area (Å²) in [6.07, 6.45) is -3.87. The maximum Gasteiger partial charge on any atom is 0.349 e. The third-order valence-corrected chi connectivity index (χ3v) is 3.69. The van der Waals surface area contributed by atoms with E-state index in [0.29, 0.717) is 0 Å². The SMILES string of the molecule is CN(C)C(=O)[C@@H](OC(=O)c1ccccc1)[C@@H](OC(=O)c1ccccc1)C(=O)O. The zero-order chi connectivity index (χ0) is 20.7. The quantitative estimate of drug-likeness (QED) is 0.721. The van der Waals surface area contributed by atoms with E-state index in [4.69, 9.17) is 9.47 Å². The molecule has 0 aliphatic rings. The van der Waals surface area contributed by atoms with Crippen LogP contribution in [-0.2, 0) is 19.1 Å². The van der Waals surface area contributed by atoms with Gasteiger partial charge in [0.2, 0.25) is 12.2 Å². The van der Waals surface area contributed by atoms with Gasteiger partial charge in [-0.15, -0.1) is 0 Å². The van der Waals surface area contributed by atoms with Crippen LogP contribution in [0.25, 0.3) is 0 Å². The summed E-state index contributed by atoms with van der Waals surface area (Å²) >= 11 is 0. The predicted molar refractivity (Wildman–Crippen MR) is 97.6 cm³/mol. The molecule has 0 aliphatic heterocycles. The van der Waals surface area contributed by atoms with Crippen molar-refractivity contribution in [1.82, 2.24) is 4.90 Å². The minimum atomic E-state index is -2.02. The standard InChI is InChI=1S/C20H19NO7/c1-21(2)17(22)15(27-19(25)13-9-5-3-6-10-13)16(18(23)24)28-20(26)14-11-7-4-8-12-14/h3-12,15-16H,1-2H3,(H,23,24)/t15-,16+/m0/s1. The minimum Gasteiger partial charge on any atom is -0.478 e. The average Bonchev–Trinajstić information content (AvgIpc) is 2.70. The normalized spacial score (nSPS) is 12.4. The van der Waals surface area contributed by atoms with E-state index < -0.39 is 36.0 Å². The van der Waals surface area contributed by atoms with Crippen LogP contribution in [0.3, 0.4) is 0 Å². The molecule has 2 rings (SSSR count). The highest BCUT2D eigenvalue weighted by atomic mass is 16.6. The van der Waals surface area contributed by atoms with Crippen molar-refractivity contribution in [2.45, 2.75) is 12.2 Å². The zero-order valence-corrected chi connectivity index (χ0v) is 15.3. The van der Waals surface area contributed by atoms with Crippen LogP contribution < -0.4 is 0 Å². The number of amides is 1. The van der Waals surface area contributed by atoms with E-state index in [-0.39, 0.29) is 11.1 Å². The Balaban J connectivity index is 2.29. The number of rotatable bonds is 7. The number of carbonyl (C=O) groups is 4. The number of hydrogen-bond donors (Lipinski definition) is 1. The van der Waals surface area contributed by atoms with Gasteiger partial charge in [0.15, 0.2) is 0 Å². The molecule has 8 heteroatoms. The van der Waals surface area contributed by atoms with Crippen LogP contribution in [-0.4, -0.2) is 60.1 Å². The lowest BCUT2D eigenvalue weighted by Gasteiger charge is -2.25. The number of benzene rings is 2. The number of carboxylic acids is 1. The Morgan fingerprint density at radius 2 is 1.14 bits per heavy atom. The molecular weight excluding hydrogens is 366 g/mol. The Bertz CT molecular complexity index is 849. The molecule has 1 N–H and O–H groups in total. The van der Waals surface area contributed by atoms with Crippen LogP contribution in [0.2, 0.25) is 0 Å². The molecule has 2 aromatic carbocycles. The molecule has 0 bridgehead atoms. The Hall–Kier alpha value is -3.68. The molecule has 8 nitrogen and oxygen atoms in total. The maximum absolute atomic E-state index is 12.5. The lowest BCUT2D eigenvalue weighted by atomic mass is 10.1.